The van der Waals surface area contributed by atoms with Gasteiger partial charge in [0.1, 0.15) is 23.1 Å². The zero-order chi connectivity index (χ0) is 21.8. The molecule has 0 aliphatic carbocycles. The number of nitrogens with zero attached hydrogens (tertiary/aromatic N) is 1. The molecule has 154 valence electrons. The standard InChI is InChI=1S/C11H11NOS.C11H14O3S/c1-8-3-2-4-9(11(8)6-12)5-10(13)7-14;1-13-10-3-4-11(14-2)8(6-10)5-9(12)7-15/h2-4,14H,5,7H2,1H3;3-4,6,15H,5,7H2,1-2H3. The number of rotatable bonds is 8. The van der Waals surface area contributed by atoms with Gasteiger partial charge in [-0.3, -0.25) is 9.59 Å². The first kappa shape index (κ1) is 24.6. The molecule has 0 aliphatic rings. The minimum Gasteiger partial charge on any atom is -0.497 e. The zero-order valence-corrected chi connectivity index (χ0v) is 18.6. The molecule has 0 aromatic heterocycles. The van der Waals surface area contributed by atoms with Gasteiger partial charge in [0.25, 0.3) is 0 Å². The van der Waals surface area contributed by atoms with Crippen molar-refractivity contribution in [3.8, 4) is 17.6 Å². The zero-order valence-electron chi connectivity index (χ0n) is 16.8. The van der Waals surface area contributed by atoms with Crippen LogP contribution in [-0.4, -0.2) is 37.3 Å². The Morgan fingerprint density at radius 1 is 0.966 bits per heavy atom. The molecule has 0 unspecified atom stereocenters. The van der Waals surface area contributed by atoms with Gasteiger partial charge in [0.2, 0.25) is 0 Å². The number of nitriles is 1. The quantitative estimate of drug-likeness (QED) is 0.624. The normalized spacial score (nSPS) is 9.66. The van der Waals surface area contributed by atoms with E-state index in [1.165, 1.54) is 0 Å². The molecule has 7 heteroatoms. The van der Waals surface area contributed by atoms with E-state index < -0.39 is 0 Å². The molecule has 2 aromatic carbocycles. The number of methoxy groups -OCH3 is 2. The number of carbonyl (C=O) groups is 2. The summed E-state index contributed by atoms with van der Waals surface area (Å²) in [5.74, 6) is 1.98. The first-order valence-electron chi connectivity index (χ1n) is 8.84. The summed E-state index contributed by atoms with van der Waals surface area (Å²) in [6.45, 7) is 1.87. The van der Waals surface area contributed by atoms with E-state index in [1.807, 2.05) is 25.1 Å². The van der Waals surface area contributed by atoms with Crippen LogP contribution in [0.25, 0.3) is 0 Å². The molecular formula is C22H25NO4S2. The van der Waals surface area contributed by atoms with E-state index in [2.05, 4.69) is 31.3 Å². The fourth-order valence-electron chi connectivity index (χ4n) is 2.59. The number of Topliss-reactive ketones (excluding diaryl/α,β-unsaturated/α-hetero) is 2. The van der Waals surface area contributed by atoms with Gasteiger partial charge in [0.05, 0.1) is 25.9 Å². The summed E-state index contributed by atoms with van der Waals surface area (Å²) in [6.07, 6.45) is 0.623. The van der Waals surface area contributed by atoms with Crippen molar-refractivity contribution in [2.45, 2.75) is 19.8 Å². The van der Waals surface area contributed by atoms with Crippen molar-refractivity contribution in [2.75, 3.05) is 25.7 Å². The van der Waals surface area contributed by atoms with Crippen LogP contribution in [0.3, 0.4) is 0 Å². The second-order valence-corrected chi connectivity index (χ2v) is 6.78. The third-order valence-electron chi connectivity index (χ3n) is 4.09. The molecule has 0 aliphatic heterocycles. The van der Waals surface area contributed by atoms with Crippen molar-refractivity contribution >= 4 is 36.8 Å². The van der Waals surface area contributed by atoms with Crippen LogP contribution in [0.1, 0.15) is 22.3 Å². The minimum atomic E-state index is 0.0374. The second-order valence-electron chi connectivity index (χ2n) is 6.15. The van der Waals surface area contributed by atoms with E-state index in [9.17, 15) is 9.59 Å². The van der Waals surface area contributed by atoms with Gasteiger partial charge < -0.3 is 9.47 Å². The average Bonchev–Trinajstić information content (AvgIpc) is 2.74. The molecule has 0 N–H and O–H groups in total. The van der Waals surface area contributed by atoms with E-state index in [-0.39, 0.29) is 23.1 Å². The summed E-state index contributed by atoms with van der Waals surface area (Å²) in [6, 6.07) is 13.1. The number of ketones is 2. The number of hydrogen-bond acceptors (Lipinski definition) is 7. The van der Waals surface area contributed by atoms with Gasteiger partial charge in [-0.15, -0.1) is 0 Å². The molecule has 0 saturated carbocycles. The lowest BCUT2D eigenvalue weighted by Gasteiger charge is -2.09. The maximum atomic E-state index is 11.3. The van der Waals surface area contributed by atoms with Gasteiger partial charge in [-0.2, -0.15) is 30.5 Å². The molecule has 2 rings (SSSR count). The molecule has 0 spiro atoms. The first-order chi connectivity index (χ1) is 13.9. The van der Waals surface area contributed by atoms with Crippen LogP contribution in [0.5, 0.6) is 11.5 Å². The topological polar surface area (TPSA) is 76.4 Å². The van der Waals surface area contributed by atoms with Crippen LogP contribution in [0.4, 0.5) is 0 Å². The summed E-state index contributed by atoms with van der Waals surface area (Å²) < 4.78 is 10.2. The van der Waals surface area contributed by atoms with Crippen molar-refractivity contribution in [1.29, 1.82) is 5.26 Å². The van der Waals surface area contributed by atoms with Crippen LogP contribution in [-0.2, 0) is 22.4 Å². The van der Waals surface area contributed by atoms with Gasteiger partial charge in [0, 0.05) is 29.9 Å². The van der Waals surface area contributed by atoms with Crippen LogP contribution in [0.2, 0.25) is 0 Å². The SMILES string of the molecule is COc1ccc(OC)c(CC(=O)CS)c1.Cc1cccc(CC(=O)CS)c1C#N. The number of benzene rings is 2. The van der Waals surface area contributed by atoms with Gasteiger partial charge in [-0.05, 0) is 36.2 Å². The number of carbonyl (C=O) groups excluding carboxylic acids is 2. The van der Waals surface area contributed by atoms with Crippen molar-refractivity contribution in [3.05, 3.63) is 58.7 Å². The summed E-state index contributed by atoms with van der Waals surface area (Å²) in [5.41, 5.74) is 3.15. The number of ether oxygens (including phenoxy) is 2. The first-order valence-corrected chi connectivity index (χ1v) is 10.1. The Morgan fingerprint density at radius 2 is 1.59 bits per heavy atom. The largest absolute Gasteiger partial charge is 0.497 e. The van der Waals surface area contributed by atoms with Crippen molar-refractivity contribution < 1.29 is 19.1 Å². The average molecular weight is 432 g/mol. The number of hydrogen-bond donors (Lipinski definition) is 2. The summed E-state index contributed by atoms with van der Waals surface area (Å²) >= 11 is 7.84. The maximum absolute atomic E-state index is 11.3. The van der Waals surface area contributed by atoms with E-state index in [0.29, 0.717) is 24.2 Å². The highest BCUT2D eigenvalue weighted by Gasteiger charge is 2.09. The fraction of sp³-hybridized carbons (Fsp3) is 0.318. The van der Waals surface area contributed by atoms with Crippen molar-refractivity contribution in [1.82, 2.24) is 0 Å². The molecule has 0 bridgehead atoms. The fourth-order valence-corrected chi connectivity index (χ4v) is 2.82. The summed E-state index contributed by atoms with van der Waals surface area (Å²) in [4.78, 5) is 22.5. The third kappa shape index (κ3) is 7.84. The predicted molar refractivity (Wildman–Crippen MR) is 121 cm³/mol. The van der Waals surface area contributed by atoms with E-state index >= 15 is 0 Å². The van der Waals surface area contributed by atoms with Gasteiger partial charge >= 0.3 is 0 Å². The van der Waals surface area contributed by atoms with Crippen molar-refractivity contribution in [2.24, 2.45) is 0 Å². The van der Waals surface area contributed by atoms with Crippen LogP contribution < -0.4 is 9.47 Å². The third-order valence-corrected chi connectivity index (χ3v) is 4.79. The molecule has 0 amide bonds. The molecule has 0 atom stereocenters. The lowest BCUT2D eigenvalue weighted by Crippen LogP contribution is -2.06. The highest BCUT2D eigenvalue weighted by Crippen LogP contribution is 2.24. The number of aryl methyl sites for hydroxylation is 1. The number of thiol groups is 2. The second kappa shape index (κ2) is 12.9. The Bertz CT molecular complexity index is 891. The molecule has 0 radical (unpaired) electrons. The van der Waals surface area contributed by atoms with Gasteiger partial charge in [-0.25, -0.2) is 0 Å². The molecule has 2 aromatic rings. The smallest absolute Gasteiger partial charge is 0.146 e. The van der Waals surface area contributed by atoms with Crippen molar-refractivity contribution in [3.63, 3.8) is 0 Å². The monoisotopic (exact) mass is 431 g/mol. The molecule has 0 fully saturated rings. The maximum Gasteiger partial charge on any atom is 0.146 e. The Hall–Kier alpha value is -2.43. The Kier molecular flexibility index (Phi) is 11.0. The van der Waals surface area contributed by atoms with Crippen LogP contribution in [0.15, 0.2) is 36.4 Å². The molecular weight excluding hydrogens is 406 g/mol. The predicted octanol–water partition coefficient (Wildman–Crippen LogP) is 3.65. The Labute approximate surface area is 182 Å². The molecule has 0 heterocycles. The highest BCUT2D eigenvalue weighted by atomic mass is 32.1. The summed E-state index contributed by atoms with van der Waals surface area (Å²) in [7, 11) is 3.17. The van der Waals surface area contributed by atoms with E-state index in [4.69, 9.17) is 14.7 Å². The summed E-state index contributed by atoms with van der Waals surface area (Å²) in [5, 5.41) is 8.90. The lowest BCUT2D eigenvalue weighted by molar-refractivity contribution is -0.116. The van der Waals surface area contributed by atoms with Crippen LogP contribution >= 0.6 is 25.3 Å². The Morgan fingerprint density at radius 3 is 2.10 bits per heavy atom. The van der Waals surface area contributed by atoms with Gasteiger partial charge in [-0.1, -0.05) is 18.2 Å². The highest BCUT2D eigenvalue weighted by molar-refractivity contribution is 7.81. The van der Waals surface area contributed by atoms with Gasteiger partial charge in [0.15, 0.2) is 0 Å². The van der Waals surface area contributed by atoms with E-state index in [1.54, 1.807) is 32.4 Å². The molecule has 0 saturated heterocycles. The lowest BCUT2D eigenvalue weighted by atomic mass is 9.99. The minimum absolute atomic E-state index is 0.0374. The Balaban J connectivity index is 0.000000291. The van der Waals surface area contributed by atoms with Crippen LogP contribution in [0, 0.1) is 18.3 Å². The molecule has 29 heavy (non-hydrogen) atoms. The van der Waals surface area contributed by atoms with E-state index in [0.717, 1.165) is 22.4 Å². The molecule has 5 nitrogen and oxygen atoms in total.